The second kappa shape index (κ2) is 11.9. The fourth-order valence-electron chi connectivity index (χ4n) is 4.01. The van der Waals surface area contributed by atoms with Crippen LogP contribution in [0.1, 0.15) is 85.5 Å². The van der Waals surface area contributed by atoms with Crippen molar-refractivity contribution in [1.82, 2.24) is 0 Å². The largest absolute Gasteiger partial charge is 0.369 e. The van der Waals surface area contributed by atoms with Crippen molar-refractivity contribution >= 4 is 23.0 Å². The number of carbonyl (C=O) groups is 1. The second-order valence-corrected chi connectivity index (χ2v) is 8.18. The number of hydrogen-bond acceptors (Lipinski definition) is 3. The fourth-order valence-corrected chi connectivity index (χ4v) is 4.01. The van der Waals surface area contributed by atoms with Gasteiger partial charge in [-0.1, -0.05) is 52.4 Å². The first kappa shape index (κ1) is 23.4. The van der Waals surface area contributed by atoms with Gasteiger partial charge in [-0.3, -0.25) is 14.7 Å². The van der Waals surface area contributed by atoms with Crippen molar-refractivity contribution in [2.75, 3.05) is 22.9 Å². The zero-order chi connectivity index (χ0) is 21.2. The van der Waals surface area contributed by atoms with Crippen molar-refractivity contribution in [2.45, 2.75) is 91.6 Å². The Bertz CT molecular complexity index is 677. The molecule has 2 rings (SSSR count). The molecule has 4 nitrogen and oxygen atoms in total. The zero-order valence-corrected chi connectivity index (χ0v) is 18.7. The van der Waals surface area contributed by atoms with E-state index in [1.165, 1.54) is 44.6 Å². The number of nitrogens with zero attached hydrogens (tertiary/aromatic N) is 3. The highest BCUT2D eigenvalue weighted by atomic mass is 19.1. The smallest absolute Gasteiger partial charge is 0.234 e. The minimum atomic E-state index is -0.291. The topological polar surface area (TPSA) is 35.9 Å². The minimum absolute atomic E-state index is 0.0202. The predicted molar refractivity (Wildman–Crippen MR) is 122 cm³/mol. The Labute approximate surface area is 176 Å². The molecule has 0 aliphatic carbocycles. The summed E-state index contributed by atoms with van der Waals surface area (Å²) < 4.78 is 15.1. The molecule has 1 unspecified atom stereocenters. The predicted octanol–water partition coefficient (Wildman–Crippen LogP) is 6.34. The molecule has 0 saturated heterocycles. The molecular formula is C24H38FN3O. The highest BCUT2D eigenvalue weighted by Gasteiger charge is 2.27. The summed E-state index contributed by atoms with van der Waals surface area (Å²) in [6.07, 6.45) is 9.37. The van der Waals surface area contributed by atoms with Crippen molar-refractivity contribution in [3.8, 4) is 0 Å². The van der Waals surface area contributed by atoms with Gasteiger partial charge in [-0.2, -0.15) is 0 Å². The third-order valence-electron chi connectivity index (χ3n) is 5.57. The van der Waals surface area contributed by atoms with Gasteiger partial charge in [-0.05, 0) is 44.9 Å². The van der Waals surface area contributed by atoms with E-state index in [4.69, 9.17) is 0 Å². The number of unbranched alkanes of at least 4 members (excludes halogenated alkanes) is 6. The van der Waals surface area contributed by atoms with Crippen molar-refractivity contribution < 1.29 is 9.18 Å². The molecule has 0 saturated carbocycles. The van der Waals surface area contributed by atoms with Crippen LogP contribution < -0.4 is 9.80 Å². The summed E-state index contributed by atoms with van der Waals surface area (Å²) in [5.41, 5.74) is 2.08. The van der Waals surface area contributed by atoms with E-state index in [0.29, 0.717) is 17.8 Å². The molecule has 0 bridgehead atoms. The number of aliphatic imine (C=N–C) groups is 1. The Kier molecular flexibility index (Phi) is 9.62. The van der Waals surface area contributed by atoms with E-state index in [1.54, 1.807) is 4.90 Å². The number of amides is 1. The highest BCUT2D eigenvalue weighted by molar-refractivity contribution is 6.09. The third kappa shape index (κ3) is 6.83. The van der Waals surface area contributed by atoms with Crippen molar-refractivity contribution in [3.05, 3.63) is 24.0 Å². The molecule has 1 amide bonds. The lowest BCUT2D eigenvalue weighted by atomic mass is 10.1. The standard InChI is InChI=1S/C24H38FN3O/c1-5-7-9-11-15-27(16-12-10-8-6-2)23-14-13-21(18-22(23)25)28-20(4)26-19(3)17-24(28)29/h13-14,18,20H,5-12,15-17H2,1-4H3. The lowest BCUT2D eigenvalue weighted by molar-refractivity contribution is -0.118. The molecule has 0 aromatic heterocycles. The number of halogens is 1. The second-order valence-electron chi connectivity index (χ2n) is 8.18. The van der Waals surface area contributed by atoms with Crippen LogP contribution in [-0.2, 0) is 4.79 Å². The van der Waals surface area contributed by atoms with Gasteiger partial charge in [0, 0.05) is 24.5 Å². The summed E-state index contributed by atoms with van der Waals surface area (Å²) in [6, 6.07) is 5.22. The Hall–Kier alpha value is -1.91. The summed E-state index contributed by atoms with van der Waals surface area (Å²) in [6.45, 7) is 9.91. The molecule has 1 aromatic rings. The van der Waals surface area contributed by atoms with Crippen LogP contribution in [0.4, 0.5) is 15.8 Å². The van der Waals surface area contributed by atoms with E-state index in [-0.39, 0.29) is 17.9 Å². The van der Waals surface area contributed by atoms with E-state index >= 15 is 4.39 Å². The van der Waals surface area contributed by atoms with Crippen LogP contribution in [0.15, 0.2) is 23.2 Å². The Balaban J connectivity index is 2.14. The first-order chi connectivity index (χ1) is 14.0. The average molecular weight is 404 g/mol. The maximum Gasteiger partial charge on any atom is 0.234 e. The summed E-state index contributed by atoms with van der Waals surface area (Å²) in [5, 5.41) is 0. The van der Waals surface area contributed by atoms with Gasteiger partial charge in [0.25, 0.3) is 0 Å². The average Bonchev–Trinajstić information content (AvgIpc) is 2.66. The molecule has 1 aliphatic heterocycles. The van der Waals surface area contributed by atoms with E-state index in [0.717, 1.165) is 31.6 Å². The molecule has 29 heavy (non-hydrogen) atoms. The van der Waals surface area contributed by atoms with Gasteiger partial charge in [0.1, 0.15) is 12.0 Å². The number of benzene rings is 1. The van der Waals surface area contributed by atoms with Crippen molar-refractivity contribution in [3.63, 3.8) is 0 Å². The van der Waals surface area contributed by atoms with Crippen molar-refractivity contribution in [1.29, 1.82) is 0 Å². The van der Waals surface area contributed by atoms with Crippen LogP contribution in [0.25, 0.3) is 0 Å². The quantitative estimate of drug-likeness (QED) is 0.382. The number of carbonyl (C=O) groups excluding carboxylic acids is 1. The fraction of sp³-hybridized carbons (Fsp3) is 0.667. The van der Waals surface area contributed by atoms with Gasteiger partial charge in [0.2, 0.25) is 5.91 Å². The van der Waals surface area contributed by atoms with Crippen LogP contribution >= 0.6 is 0 Å². The molecular weight excluding hydrogens is 365 g/mol. The van der Waals surface area contributed by atoms with Crippen LogP contribution in [0.3, 0.4) is 0 Å². The van der Waals surface area contributed by atoms with Crippen LogP contribution in [0.2, 0.25) is 0 Å². The molecule has 1 aliphatic rings. The van der Waals surface area contributed by atoms with Gasteiger partial charge in [-0.25, -0.2) is 4.39 Å². The Morgan fingerprint density at radius 2 is 1.69 bits per heavy atom. The Morgan fingerprint density at radius 1 is 1.07 bits per heavy atom. The first-order valence-corrected chi connectivity index (χ1v) is 11.4. The third-order valence-corrected chi connectivity index (χ3v) is 5.57. The summed E-state index contributed by atoms with van der Waals surface area (Å²) >= 11 is 0. The number of rotatable bonds is 12. The van der Waals surface area contributed by atoms with Crippen LogP contribution in [0, 0.1) is 5.82 Å². The highest BCUT2D eigenvalue weighted by Crippen LogP contribution is 2.29. The maximum absolute atomic E-state index is 15.1. The van der Waals surface area contributed by atoms with Gasteiger partial charge in [-0.15, -0.1) is 0 Å². The van der Waals surface area contributed by atoms with Crippen LogP contribution in [-0.4, -0.2) is 30.9 Å². The van der Waals surface area contributed by atoms with Gasteiger partial charge < -0.3 is 4.90 Å². The van der Waals surface area contributed by atoms with Crippen LogP contribution in [0.5, 0.6) is 0 Å². The molecule has 162 valence electrons. The summed E-state index contributed by atoms with van der Waals surface area (Å²) in [5.74, 6) is -0.270. The molecule has 0 radical (unpaired) electrons. The van der Waals surface area contributed by atoms with E-state index in [9.17, 15) is 4.79 Å². The normalized spacial score (nSPS) is 16.9. The van der Waals surface area contributed by atoms with Crippen molar-refractivity contribution in [2.24, 2.45) is 4.99 Å². The monoisotopic (exact) mass is 403 g/mol. The summed E-state index contributed by atoms with van der Waals surface area (Å²) in [4.78, 5) is 20.7. The molecule has 0 fully saturated rings. The molecule has 1 aromatic carbocycles. The molecule has 5 heteroatoms. The number of anilines is 2. The van der Waals surface area contributed by atoms with Gasteiger partial charge >= 0.3 is 0 Å². The van der Waals surface area contributed by atoms with E-state index in [1.807, 2.05) is 26.0 Å². The lowest BCUT2D eigenvalue weighted by Crippen LogP contribution is -2.42. The molecule has 0 spiro atoms. The van der Waals surface area contributed by atoms with Gasteiger partial charge in [0.05, 0.1) is 12.1 Å². The van der Waals surface area contributed by atoms with E-state index < -0.39 is 0 Å². The van der Waals surface area contributed by atoms with Gasteiger partial charge in [0.15, 0.2) is 0 Å². The molecule has 1 atom stereocenters. The minimum Gasteiger partial charge on any atom is -0.369 e. The van der Waals surface area contributed by atoms with E-state index in [2.05, 4.69) is 23.7 Å². The Morgan fingerprint density at radius 3 is 2.21 bits per heavy atom. The first-order valence-electron chi connectivity index (χ1n) is 11.4. The summed E-state index contributed by atoms with van der Waals surface area (Å²) in [7, 11) is 0. The molecule has 1 heterocycles. The SMILES string of the molecule is CCCCCCN(CCCCCC)c1ccc(N2C(=O)CC(C)=NC2C)cc1F. The number of hydrogen-bond donors (Lipinski definition) is 0. The lowest BCUT2D eigenvalue weighted by Gasteiger charge is -2.32. The molecule has 0 N–H and O–H groups in total. The zero-order valence-electron chi connectivity index (χ0n) is 18.7. The maximum atomic E-state index is 15.1.